The highest BCUT2D eigenvalue weighted by Gasteiger charge is 2.20. The number of nitrogens with one attached hydrogen (secondary N) is 1. The third kappa shape index (κ3) is 5.99. The van der Waals surface area contributed by atoms with Crippen molar-refractivity contribution in [2.45, 2.75) is 6.92 Å². The third-order valence-electron chi connectivity index (χ3n) is 3.23. The number of carbonyl (C=O) groups is 1. The highest BCUT2D eigenvalue weighted by atomic mass is 79.9. The number of sulfonamides is 1. The molecule has 0 saturated carbocycles. The van der Waals surface area contributed by atoms with Crippen LogP contribution in [0.25, 0.3) is 0 Å². The molecule has 0 unspecified atom stereocenters. The molecule has 1 N–H and O–H groups in total. The Labute approximate surface area is 155 Å². The maximum Gasteiger partial charge on any atom is 0.260 e. The molecule has 0 aromatic heterocycles. The molecule has 0 saturated heterocycles. The topological polar surface area (TPSA) is 78.8 Å². The molecule has 0 spiro atoms. The van der Waals surface area contributed by atoms with Gasteiger partial charge in [0.2, 0.25) is 10.0 Å². The van der Waals surface area contributed by atoms with Crippen molar-refractivity contribution in [2.75, 3.05) is 17.1 Å². The minimum atomic E-state index is -3.61. The quantitative estimate of drug-likeness (QED) is 0.572. The fourth-order valence-corrected chi connectivity index (χ4v) is 3.36. The Morgan fingerprint density at radius 2 is 1.96 bits per heavy atom. The summed E-state index contributed by atoms with van der Waals surface area (Å²) in [7, 11) is -3.61. The monoisotopic (exact) mass is 423 g/mol. The van der Waals surface area contributed by atoms with Crippen LogP contribution in [0.5, 0.6) is 0 Å². The molecule has 0 heterocycles. The largest absolute Gasteiger partial charge is 0.271 e. The normalized spacial score (nSPS) is 11.5. The fourth-order valence-electron chi connectivity index (χ4n) is 2.13. The zero-order valence-corrected chi connectivity index (χ0v) is 16.2. The minimum Gasteiger partial charge on any atom is -0.271 e. The second-order valence-corrected chi connectivity index (χ2v) is 8.28. The molecule has 2 aromatic carbocycles. The molecule has 8 heteroatoms. The molecule has 0 aliphatic carbocycles. The molecule has 25 heavy (non-hydrogen) atoms. The number of amides is 1. The van der Waals surface area contributed by atoms with Gasteiger partial charge >= 0.3 is 0 Å². The Kier molecular flexibility index (Phi) is 6.33. The van der Waals surface area contributed by atoms with Crippen molar-refractivity contribution in [2.24, 2.45) is 5.10 Å². The van der Waals surface area contributed by atoms with Crippen molar-refractivity contribution in [3.05, 3.63) is 64.1 Å². The number of rotatable bonds is 6. The third-order valence-corrected chi connectivity index (χ3v) is 4.86. The van der Waals surface area contributed by atoms with Gasteiger partial charge in [-0.05, 0) is 30.7 Å². The summed E-state index contributed by atoms with van der Waals surface area (Å²) in [4.78, 5) is 12.1. The molecule has 2 rings (SSSR count). The Balaban J connectivity index is 2.07. The highest BCUT2D eigenvalue weighted by molar-refractivity contribution is 9.10. The van der Waals surface area contributed by atoms with Crippen molar-refractivity contribution < 1.29 is 13.2 Å². The molecule has 0 atom stereocenters. The lowest BCUT2D eigenvalue weighted by molar-refractivity contribution is -0.119. The number of halogens is 1. The first-order valence-electron chi connectivity index (χ1n) is 7.37. The summed E-state index contributed by atoms with van der Waals surface area (Å²) in [5.74, 6) is -0.533. The summed E-state index contributed by atoms with van der Waals surface area (Å²) < 4.78 is 25.7. The van der Waals surface area contributed by atoms with Crippen LogP contribution in [-0.4, -0.2) is 33.3 Å². The van der Waals surface area contributed by atoms with E-state index in [1.165, 1.54) is 6.21 Å². The molecule has 0 radical (unpaired) electrons. The van der Waals surface area contributed by atoms with Crippen LogP contribution in [0.3, 0.4) is 0 Å². The van der Waals surface area contributed by atoms with E-state index in [-0.39, 0.29) is 6.54 Å². The van der Waals surface area contributed by atoms with Crippen LogP contribution in [0.4, 0.5) is 5.69 Å². The number of aryl methyl sites for hydroxylation is 1. The number of carbonyl (C=O) groups excluding carboxylic acids is 1. The van der Waals surface area contributed by atoms with Gasteiger partial charge < -0.3 is 0 Å². The molecule has 0 aliphatic heterocycles. The molecule has 6 nitrogen and oxygen atoms in total. The lowest BCUT2D eigenvalue weighted by Crippen LogP contribution is -2.39. The van der Waals surface area contributed by atoms with Crippen LogP contribution in [0.15, 0.2) is 58.1 Å². The second kappa shape index (κ2) is 8.26. The van der Waals surface area contributed by atoms with Crippen molar-refractivity contribution in [3.8, 4) is 0 Å². The minimum absolute atomic E-state index is 0.361. The zero-order valence-electron chi connectivity index (χ0n) is 13.8. The lowest BCUT2D eigenvalue weighted by Gasteiger charge is -2.21. The van der Waals surface area contributed by atoms with Crippen LogP contribution in [0.2, 0.25) is 0 Å². The van der Waals surface area contributed by atoms with Crippen LogP contribution in [-0.2, 0) is 14.8 Å². The molecule has 2 aromatic rings. The number of hydrogen-bond acceptors (Lipinski definition) is 4. The van der Waals surface area contributed by atoms with E-state index in [9.17, 15) is 13.2 Å². The predicted octanol–water partition coefficient (Wildman–Crippen LogP) is 2.67. The molecular formula is C17H18BrN3O3S. The van der Waals surface area contributed by atoms with E-state index in [1.54, 1.807) is 24.3 Å². The lowest BCUT2D eigenvalue weighted by atomic mass is 10.2. The molecular weight excluding hydrogens is 406 g/mol. The van der Waals surface area contributed by atoms with Gasteiger partial charge in [0, 0.05) is 4.47 Å². The van der Waals surface area contributed by atoms with Gasteiger partial charge in [-0.1, -0.05) is 51.8 Å². The first kappa shape index (κ1) is 19.1. The SMILES string of the molecule is Cc1cccc(/C=N\NC(=O)CN(c2cccc(Br)c2)S(C)(=O)=O)c1. The van der Waals surface area contributed by atoms with Crippen LogP contribution >= 0.6 is 15.9 Å². The average Bonchev–Trinajstić information content (AvgIpc) is 2.51. The molecule has 1 amide bonds. The standard InChI is InChI=1S/C17H18BrN3O3S/c1-13-5-3-6-14(9-13)11-19-20-17(22)12-21(25(2,23)24)16-8-4-7-15(18)10-16/h3-11H,12H2,1-2H3,(H,20,22)/b19-11-. The predicted molar refractivity (Wildman–Crippen MR) is 103 cm³/mol. The number of anilines is 1. The number of hydrazone groups is 1. The molecule has 132 valence electrons. The summed E-state index contributed by atoms with van der Waals surface area (Å²) >= 11 is 3.29. The summed E-state index contributed by atoms with van der Waals surface area (Å²) in [5, 5.41) is 3.87. The van der Waals surface area contributed by atoms with Gasteiger partial charge in [0.05, 0.1) is 18.2 Å². The van der Waals surface area contributed by atoms with Crippen LogP contribution < -0.4 is 9.73 Å². The number of nitrogens with zero attached hydrogens (tertiary/aromatic N) is 2. The van der Waals surface area contributed by atoms with Crippen molar-refractivity contribution in [1.82, 2.24) is 5.43 Å². The van der Waals surface area contributed by atoms with E-state index in [1.807, 2.05) is 31.2 Å². The van der Waals surface area contributed by atoms with Crippen molar-refractivity contribution in [3.63, 3.8) is 0 Å². The van der Waals surface area contributed by atoms with E-state index < -0.39 is 15.9 Å². The van der Waals surface area contributed by atoms with Gasteiger partial charge in [-0.25, -0.2) is 13.8 Å². The van der Waals surface area contributed by atoms with Crippen molar-refractivity contribution >= 4 is 43.8 Å². The maximum atomic E-state index is 12.1. The second-order valence-electron chi connectivity index (χ2n) is 5.46. The van der Waals surface area contributed by atoms with Gasteiger partial charge in [0.15, 0.2) is 0 Å². The first-order chi connectivity index (χ1) is 11.8. The average molecular weight is 424 g/mol. The van der Waals surface area contributed by atoms with E-state index in [0.717, 1.165) is 26.2 Å². The number of benzene rings is 2. The summed E-state index contributed by atoms with van der Waals surface area (Å²) in [6.45, 7) is 1.60. The van der Waals surface area contributed by atoms with Crippen LogP contribution in [0.1, 0.15) is 11.1 Å². The Morgan fingerprint density at radius 3 is 2.60 bits per heavy atom. The summed E-state index contributed by atoms with van der Waals surface area (Å²) in [6, 6.07) is 14.3. The maximum absolute atomic E-state index is 12.1. The molecule has 0 aliphatic rings. The van der Waals surface area contributed by atoms with Gasteiger partial charge in [-0.15, -0.1) is 0 Å². The summed E-state index contributed by atoms with van der Waals surface area (Å²) in [5.41, 5.74) is 4.67. The molecule has 0 fully saturated rings. The van der Waals surface area contributed by atoms with E-state index >= 15 is 0 Å². The first-order valence-corrected chi connectivity index (χ1v) is 10.0. The summed E-state index contributed by atoms with van der Waals surface area (Å²) in [6.07, 6.45) is 2.56. The Hall–Kier alpha value is -2.19. The van der Waals surface area contributed by atoms with Gasteiger partial charge in [0.1, 0.15) is 6.54 Å². The van der Waals surface area contributed by atoms with E-state index in [4.69, 9.17) is 0 Å². The van der Waals surface area contributed by atoms with E-state index in [2.05, 4.69) is 26.5 Å². The van der Waals surface area contributed by atoms with Gasteiger partial charge in [-0.3, -0.25) is 9.10 Å². The van der Waals surface area contributed by atoms with Crippen LogP contribution in [0, 0.1) is 6.92 Å². The van der Waals surface area contributed by atoms with Gasteiger partial charge in [0.25, 0.3) is 5.91 Å². The Morgan fingerprint density at radius 1 is 1.24 bits per heavy atom. The molecule has 0 bridgehead atoms. The van der Waals surface area contributed by atoms with Crippen molar-refractivity contribution in [1.29, 1.82) is 0 Å². The highest BCUT2D eigenvalue weighted by Crippen LogP contribution is 2.21. The fraction of sp³-hybridized carbons (Fsp3) is 0.176. The number of hydrogen-bond donors (Lipinski definition) is 1. The van der Waals surface area contributed by atoms with Gasteiger partial charge in [-0.2, -0.15) is 5.10 Å². The smallest absolute Gasteiger partial charge is 0.260 e. The Bertz CT molecular complexity index is 898. The zero-order chi connectivity index (χ0) is 18.4. The van der Waals surface area contributed by atoms with E-state index in [0.29, 0.717) is 5.69 Å².